The number of aromatic hydroxyl groups is 1. The summed E-state index contributed by atoms with van der Waals surface area (Å²) in [6.45, 7) is 0. The van der Waals surface area contributed by atoms with Gasteiger partial charge in [0, 0.05) is 0 Å². The summed E-state index contributed by atoms with van der Waals surface area (Å²) in [5.74, 6) is -0.170. The number of ether oxygens (including phenoxy) is 2. The molecule has 0 bridgehead atoms. The van der Waals surface area contributed by atoms with E-state index in [2.05, 4.69) is 0 Å². The fourth-order valence-electron chi connectivity index (χ4n) is 2.19. The van der Waals surface area contributed by atoms with Crippen molar-refractivity contribution in [2.75, 3.05) is 14.2 Å². The molecule has 23 heavy (non-hydrogen) atoms. The van der Waals surface area contributed by atoms with Gasteiger partial charge in [-0.3, -0.25) is 4.79 Å². The number of aliphatic hydroxyl groups is 1. The number of hydrogen-bond donors (Lipinski definition) is 2. The van der Waals surface area contributed by atoms with Crippen LogP contribution in [-0.4, -0.2) is 36.3 Å². The molecule has 0 spiro atoms. The van der Waals surface area contributed by atoms with Crippen molar-refractivity contribution in [3.8, 4) is 17.2 Å². The van der Waals surface area contributed by atoms with E-state index in [9.17, 15) is 15.0 Å². The van der Waals surface area contributed by atoms with E-state index in [1.165, 1.54) is 26.4 Å². The highest BCUT2D eigenvalue weighted by atomic mass is 35.5. The molecular formula is C17H17ClO5. The molecule has 0 aliphatic carbocycles. The highest BCUT2D eigenvalue weighted by Gasteiger charge is 2.30. The first-order valence-corrected chi connectivity index (χ1v) is 7.29. The molecule has 0 unspecified atom stereocenters. The molecule has 0 saturated carbocycles. The lowest BCUT2D eigenvalue weighted by Gasteiger charge is -2.18. The number of carbonyl (C=O) groups excluding carboxylic acids is 1. The Labute approximate surface area is 139 Å². The Hall–Kier alpha value is -2.24. The number of alkyl halides is 1. The third-order valence-electron chi connectivity index (χ3n) is 3.45. The quantitative estimate of drug-likeness (QED) is 0.626. The number of ketones is 1. The van der Waals surface area contributed by atoms with Crippen LogP contribution < -0.4 is 9.47 Å². The van der Waals surface area contributed by atoms with Crippen LogP contribution in [0.3, 0.4) is 0 Å². The number of carbonyl (C=O) groups is 1. The molecule has 0 aliphatic rings. The third kappa shape index (κ3) is 3.57. The second kappa shape index (κ2) is 7.35. The van der Waals surface area contributed by atoms with Gasteiger partial charge in [-0.1, -0.05) is 18.2 Å². The zero-order chi connectivity index (χ0) is 17.0. The summed E-state index contributed by atoms with van der Waals surface area (Å²) in [5, 5.41) is 19.2. The molecule has 0 radical (unpaired) electrons. The molecule has 0 fully saturated rings. The van der Waals surface area contributed by atoms with Gasteiger partial charge >= 0.3 is 0 Å². The Balaban J connectivity index is 2.28. The van der Waals surface area contributed by atoms with Gasteiger partial charge in [0.15, 0.2) is 0 Å². The van der Waals surface area contributed by atoms with Gasteiger partial charge in [0.2, 0.25) is 5.78 Å². The number of Topliss-reactive ketones (excluding diaryl/α,β-unsaturated/α-hetero) is 1. The highest BCUT2D eigenvalue weighted by molar-refractivity contribution is 6.24. The van der Waals surface area contributed by atoms with E-state index in [-0.39, 0.29) is 17.1 Å². The molecule has 2 N–H and O–H groups in total. The smallest absolute Gasteiger partial charge is 0.200 e. The monoisotopic (exact) mass is 336 g/mol. The zero-order valence-electron chi connectivity index (χ0n) is 12.7. The van der Waals surface area contributed by atoms with Crippen molar-refractivity contribution >= 4 is 17.4 Å². The van der Waals surface area contributed by atoms with E-state index < -0.39 is 17.3 Å². The second-order valence-corrected chi connectivity index (χ2v) is 5.31. The van der Waals surface area contributed by atoms with Crippen molar-refractivity contribution in [1.82, 2.24) is 0 Å². The van der Waals surface area contributed by atoms with Crippen molar-refractivity contribution in [3.05, 3.63) is 53.6 Å². The molecule has 0 aromatic heterocycles. The minimum absolute atomic E-state index is 0.0957. The van der Waals surface area contributed by atoms with Crippen LogP contribution in [-0.2, 0) is 0 Å². The summed E-state index contributed by atoms with van der Waals surface area (Å²) >= 11 is 6.21. The standard InChI is InChI=1S/C17H17ClO5/c1-22-11-8-6-10(7-9-11)15(18)17(21)16(20)14-12(19)4-3-5-13(14)23-2/h3-9,15,17,19,21H,1-2H3/t15-,17-/m0/s1. The van der Waals surface area contributed by atoms with Gasteiger partial charge in [-0.05, 0) is 29.8 Å². The molecule has 2 aromatic rings. The lowest BCUT2D eigenvalue weighted by atomic mass is 9.98. The van der Waals surface area contributed by atoms with Crippen LogP contribution in [0, 0.1) is 0 Å². The Morgan fingerprint density at radius 1 is 1.09 bits per heavy atom. The maximum Gasteiger partial charge on any atom is 0.200 e. The summed E-state index contributed by atoms with van der Waals surface area (Å²) < 4.78 is 10.1. The first-order chi connectivity index (χ1) is 11.0. The van der Waals surface area contributed by atoms with Crippen LogP contribution in [0.15, 0.2) is 42.5 Å². The molecular weight excluding hydrogens is 320 g/mol. The van der Waals surface area contributed by atoms with Crippen molar-refractivity contribution in [1.29, 1.82) is 0 Å². The van der Waals surface area contributed by atoms with Gasteiger partial charge < -0.3 is 19.7 Å². The summed E-state index contributed by atoms with van der Waals surface area (Å²) in [5.41, 5.74) is 0.462. The second-order valence-electron chi connectivity index (χ2n) is 4.84. The zero-order valence-corrected chi connectivity index (χ0v) is 13.4. The molecule has 122 valence electrons. The van der Waals surface area contributed by atoms with Crippen LogP contribution in [0.25, 0.3) is 0 Å². The SMILES string of the molecule is COc1ccc([C@H](Cl)[C@H](O)C(=O)c2c(O)cccc2OC)cc1. The average Bonchev–Trinajstić information content (AvgIpc) is 2.59. The van der Waals surface area contributed by atoms with Gasteiger partial charge in [-0.15, -0.1) is 11.6 Å². The first-order valence-electron chi connectivity index (χ1n) is 6.85. The number of rotatable bonds is 6. The van der Waals surface area contributed by atoms with Crippen molar-refractivity contribution < 1.29 is 24.5 Å². The molecule has 0 aliphatic heterocycles. The molecule has 0 heterocycles. The molecule has 5 nitrogen and oxygen atoms in total. The van der Waals surface area contributed by atoms with Crippen LogP contribution >= 0.6 is 11.6 Å². The van der Waals surface area contributed by atoms with Crippen molar-refractivity contribution in [2.45, 2.75) is 11.5 Å². The van der Waals surface area contributed by atoms with E-state index in [1.54, 1.807) is 30.3 Å². The minimum atomic E-state index is -1.53. The van der Waals surface area contributed by atoms with Gasteiger partial charge in [-0.25, -0.2) is 0 Å². The fourth-order valence-corrected chi connectivity index (χ4v) is 2.45. The highest BCUT2D eigenvalue weighted by Crippen LogP contribution is 2.33. The summed E-state index contributed by atoms with van der Waals surface area (Å²) in [6, 6.07) is 11.1. The third-order valence-corrected chi connectivity index (χ3v) is 3.94. The maximum absolute atomic E-state index is 12.5. The Kier molecular flexibility index (Phi) is 5.47. The lowest BCUT2D eigenvalue weighted by molar-refractivity contribution is 0.0732. The number of phenolic OH excluding ortho intramolecular Hbond substituents is 1. The fraction of sp³-hybridized carbons (Fsp3) is 0.235. The topological polar surface area (TPSA) is 76.0 Å². The summed E-state index contributed by atoms with van der Waals surface area (Å²) in [4.78, 5) is 12.5. The normalized spacial score (nSPS) is 13.2. The van der Waals surface area contributed by atoms with Crippen LogP contribution in [0.5, 0.6) is 17.2 Å². The van der Waals surface area contributed by atoms with Crippen LogP contribution in [0.2, 0.25) is 0 Å². The predicted octanol–water partition coefficient (Wildman–Crippen LogP) is 2.93. The van der Waals surface area contributed by atoms with Gasteiger partial charge in [0.1, 0.15) is 28.9 Å². The minimum Gasteiger partial charge on any atom is -0.507 e. The van der Waals surface area contributed by atoms with E-state index in [0.29, 0.717) is 11.3 Å². The largest absolute Gasteiger partial charge is 0.507 e. The Morgan fingerprint density at radius 2 is 1.74 bits per heavy atom. The number of benzene rings is 2. The molecule has 2 aromatic carbocycles. The number of halogens is 1. The molecule has 6 heteroatoms. The number of hydrogen-bond acceptors (Lipinski definition) is 5. The van der Waals surface area contributed by atoms with E-state index in [1.807, 2.05) is 0 Å². The van der Waals surface area contributed by atoms with E-state index in [0.717, 1.165) is 0 Å². The van der Waals surface area contributed by atoms with E-state index >= 15 is 0 Å². The van der Waals surface area contributed by atoms with Crippen LogP contribution in [0.4, 0.5) is 0 Å². The molecule has 2 atom stereocenters. The first kappa shape index (κ1) is 17.1. The van der Waals surface area contributed by atoms with Gasteiger partial charge in [-0.2, -0.15) is 0 Å². The Bertz CT molecular complexity index is 684. The summed E-state index contributed by atoms with van der Waals surface area (Å²) in [6.07, 6.45) is -1.53. The molecule has 0 saturated heterocycles. The summed E-state index contributed by atoms with van der Waals surface area (Å²) in [7, 11) is 2.91. The predicted molar refractivity (Wildman–Crippen MR) is 86.6 cm³/mol. The van der Waals surface area contributed by atoms with Crippen molar-refractivity contribution in [3.63, 3.8) is 0 Å². The lowest BCUT2D eigenvalue weighted by Crippen LogP contribution is -2.26. The number of phenols is 1. The molecule has 0 amide bonds. The van der Waals surface area contributed by atoms with Crippen molar-refractivity contribution in [2.24, 2.45) is 0 Å². The maximum atomic E-state index is 12.5. The van der Waals surface area contributed by atoms with E-state index in [4.69, 9.17) is 21.1 Å². The Morgan fingerprint density at radius 3 is 2.30 bits per heavy atom. The van der Waals surface area contributed by atoms with Gasteiger partial charge in [0.05, 0.1) is 19.6 Å². The van der Waals surface area contributed by atoms with Crippen LogP contribution in [0.1, 0.15) is 21.3 Å². The molecule has 2 rings (SSSR count). The average molecular weight is 337 g/mol. The number of aliphatic hydroxyl groups excluding tert-OH is 1. The number of methoxy groups -OCH3 is 2. The van der Waals surface area contributed by atoms with Gasteiger partial charge in [0.25, 0.3) is 0 Å².